The van der Waals surface area contributed by atoms with E-state index in [9.17, 15) is 9.59 Å². The van der Waals surface area contributed by atoms with Crippen LogP contribution in [0.5, 0.6) is 0 Å². The maximum atomic E-state index is 12.9. The summed E-state index contributed by atoms with van der Waals surface area (Å²) in [6, 6.07) is 13.0. The Morgan fingerprint density at radius 1 is 1.04 bits per heavy atom. The number of hydrogen-bond donors (Lipinski definition) is 0. The number of amides is 2. The van der Waals surface area contributed by atoms with Crippen molar-refractivity contribution in [3.05, 3.63) is 59.8 Å². The van der Waals surface area contributed by atoms with Gasteiger partial charge < -0.3 is 14.7 Å². The summed E-state index contributed by atoms with van der Waals surface area (Å²) in [6.45, 7) is 5.14. The fourth-order valence-corrected chi connectivity index (χ4v) is 3.68. The van der Waals surface area contributed by atoms with Crippen molar-refractivity contribution in [2.45, 2.75) is 19.5 Å². The third kappa shape index (κ3) is 2.92. The topological polar surface area (TPSA) is 56.8 Å². The molecule has 1 saturated heterocycles. The van der Waals surface area contributed by atoms with E-state index in [-0.39, 0.29) is 11.8 Å². The number of piperazine rings is 1. The average molecular weight is 350 g/mol. The standard InChI is InChI=1S/C20H22N4O2/c1-15(24-14-16-6-2-3-7-17(16)20(24)26)19(25)23-12-10-22(11-13-23)18-8-4-5-9-21-18/h2-9,15H,10-14H2,1H3/t15-/m0/s1. The zero-order valence-electron chi connectivity index (χ0n) is 14.8. The average Bonchev–Trinajstić information content (AvgIpc) is 3.04. The Balaban J connectivity index is 1.39. The molecule has 0 aliphatic carbocycles. The lowest BCUT2D eigenvalue weighted by molar-refractivity contribution is -0.136. The van der Waals surface area contributed by atoms with Gasteiger partial charge in [-0.3, -0.25) is 9.59 Å². The van der Waals surface area contributed by atoms with Crippen LogP contribution in [0.15, 0.2) is 48.7 Å². The van der Waals surface area contributed by atoms with Crippen LogP contribution in [0, 0.1) is 0 Å². The van der Waals surface area contributed by atoms with E-state index in [1.165, 1.54) is 0 Å². The third-order valence-electron chi connectivity index (χ3n) is 5.24. The fraction of sp³-hybridized carbons (Fsp3) is 0.350. The number of carbonyl (C=O) groups is 2. The Labute approximate surface area is 153 Å². The van der Waals surface area contributed by atoms with Gasteiger partial charge >= 0.3 is 0 Å². The van der Waals surface area contributed by atoms with E-state index in [1.54, 1.807) is 11.1 Å². The number of rotatable bonds is 3. The van der Waals surface area contributed by atoms with E-state index in [4.69, 9.17) is 0 Å². The molecule has 0 N–H and O–H groups in total. The first-order valence-electron chi connectivity index (χ1n) is 8.99. The molecule has 2 aromatic rings. The highest BCUT2D eigenvalue weighted by molar-refractivity contribution is 6.01. The van der Waals surface area contributed by atoms with Gasteiger partial charge in [-0.15, -0.1) is 0 Å². The Morgan fingerprint density at radius 2 is 1.77 bits per heavy atom. The number of hydrogen-bond acceptors (Lipinski definition) is 4. The summed E-state index contributed by atoms with van der Waals surface area (Å²) in [6.07, 6.45) is 1.78. The molecule has 0 spiro atoms. The monoisotopic (exact) mass is 350 g/mol. The highest BCUT2D eigenvalue weighted by Gasteiger charge is 2.36. The molecule has 6 heteroatoms. The molecule has 6 nitrogen and oxygen atoms in total. The number of pyridine rings is 1. The zero-order valence-corrected chi connectivity index (χ0v) is 14.8. The summed E-state index contributed by atoms with van der Waals surface area (Å²) in [5, 5.41) is 0. The molecule has 26 heavy (non-hydrogen) atoms. The second-order valence-corrected chi connectivity index (χ2v) is 6.77. The molecule has 3 heterocycles. The van der Waals surface area contributed by atoms with Gasteiger partial charge in [0.15, 0.2) is 0 Å². The fourth-order valence-electron chi connectivity index (χ4n) is 3.68. The Hall–Kier alpha value is -2.89. The molecule has 0 unspecified atom stereocenters. The Morgan fingerprint density at radius 3 is 2.46 bits per heavy atom. The normalized spacial score (nSPS) is 18.0. The van der Waals surface area contributed by atoms with Crippen molar-refractivity contribution in [3.8, 4) is 0 Å². The van der Waals surface area contributed by atoms with Gasteiger partial charge in [0, 0.05) is 44.5 Å². The highest BCUT2D eigenvalue weighted by atomic mass is 16.2. The molecule has 1 aromatic carbocycles. The maximum absolute atomic E-state index is 12.9. The molecule has 2 aliphatic heterocycles. The van der Waals surface area contributed by atoms with E-state index in [0.717, 1.165) is 24.5 Å². The lowest BCUT2D eigenvalue weighted by Gasteiger charge is -2.37. The molecule has 1 fully saturated rings. The largest absolute Gasteiger partial charge is 0.353 e. The van der Waals surface area contributed by atoms with Crippen molar-refractivity contribution in [1.82, 2.24) is 14.8 Å². The predicted molar refractivity (Wildman–Crippen MR) is 98.8 cm³/mol. The summed E-state index contributed by atoms with van der Waals surface area (Å²) in [5.41, 5.74) is 1.71. The van der Waals surface area contributed by atoms with E-state index < -0.39 is 6.04 Å². The minimum Gasteiger partial charge on any atom is -0.353 e. The van der Waals surface area contributed by atoms with Crippen molar-refractivity contribution in [1.29, 1.82) is 0 Å². The van der Waals surface area contributed by atoms with Crippen molar-refractivity contribution in [2.24, 2.45) is 0 Å². The molecule has 0 bridgehead atoms. The quantitative estimate of drug-likeness (QED) is 0.847. The molecular formula is C20H22N4O2. The zero-order chi connectivity index (χ0) is 18.1. The smallest absolute Gasteiger partial charge is 0.255 e. The van der Waals surface area contributed by atoms with Gasteiger partial charge in [-0.2, -0.15) is 0 Å². The summed E-state index contributed by atoms with van der Waals surface area (Å²) in [5.74, 6) is 0.915. The molecule has 2 amide bonds. The SMILES string of the molecule is C[C@@H](C(=O)N1CCN(c2ccccn2)CC1)N1Cc2ccccc2C1=O. The van der Waals surface area contributed by atoms with Crippen LogP contribution >= 0.6 is 0 Å². The van der Waals surface area contributed by atoms with Gasteiger partial charge in [-0.1, -0.05) is 24.3 Å². The minimum absolute atomic E-state index is 0.0202. The van der Waals surface area contributed by atoms with Crippen LogP contribution in [0.3, 0.4) is 0 Å². The number of fused-ring (bicyclic) bond motifs is 1. The summed E-state index contributed by atoms with van der Waals surface area (Å²) in [4.78, 5) is 35.6. The lowest BCUT2D eigenvalue weighted by Crippen LogP contribution is -2.54. The van der Waals surface area contributed by atoms with Gasteiger partial charge in [0.25, 0.3) is 5.91 Å². The first kappa shape index (κ1) is 16.6. The van der Waals surface area contributed by atoms with Crippen LogP contribution in [0.25, 0.3) is 0 Å². The van der Waals surface area contributed by atoms with E-state index in [1.807, 2.05) is 54.3 Å². The third-order valence-corrected chi connectivity index (χ3v) is 5.24. The number of aromatic nitrogens is 1. The van der Waals surface area contributed by atoms with Crippen molar-refractivity contribution in [3.63, 3.8) is 0 Å². The van der Waals surface area contributed by atoms with Gasteiger partial charge in [0.2, 0.25) is 5.91 Å². The van der Waals surface area contributed by atoms with Crippen LogP contribution in [-0.4, -0.2) is 58.8 Å². The van der Waals surface area contributed by atoms with Crippen LogP contribution in [-0.2, 0) is 11.3 Å². The summed E-state index contributed by atoms with van der Waals surface area (Å²) in [7, 11) is 0. The molecule has 134 valence electrons. The van der Waals surface area contributed by atoms with Crippen molar-refractivity contribution >= 4 is 17.6 Å². The molecule has 2 aliphatic rings. The molecule has 0 radical (unpaired) electrons. The van der Waals surface area contributed by atoms with Gasteiger partial charge in [-0.25, -0.2) is 4.98 Å². The Kier molecular flexibility index (Phi) is 4.32. The number of carbonyl (C=O) groups excluding carboxylic acids is 2. The minimum atomic E-state index is -0.448. The van der Waals surface area contributed by atoms with Gasteiger partial charge in [-0.05, 0) is 30.7 Å². The number of nitrogens with zero attached hydrogens (tertiary/aromatic N) is 4. The van der Waals surface area contributed by atoms with Crippen LogP contribution < -0.4 is 4.90 Å². The molecule has 4 rings (SSSR count). The van der Waals surface area contributed by atoms with Crippen LogP contribution in [0.1, 0.15) is 22.8 Å². The predicted octanol–water partition coefficient (Wildman–Crippen LogP) is 1.77. The Bertz CT molecular complexity index is 816. The molecule has 1 atom stereocenters. The van der Waals surface area contributed by atoms with Gasteiger partial charge in [0.1, 0.15) is 11.9 Å². The molecule has 0 saturated carbocycles. The van der Waals surface area contributed by atoms with Crippen molar-refractivity contribution in [2.75, 3.05) is 31.1 Å². The second-order valence-electron chi connectivity index (χ2n) is 6.77. The van der Waals surface area contributed by atoms with Crippen LogP contribution in [0.4, 0.5) is 5.82 Å². The number of anilines is 1. The van der Waals surface area contributed by atoms with Crippen LogP contribution in [0.2, 0.25) is 0 Å². The summed E-state index contributed by atoms with van der Waals surface area (Å²) >= 11 is 0. The van der Waals surface area contributed by atoms with E-state index in [0.29, 0.717) is 25.2 Å². The summed E-state index contributed by atoms with van der Waals surface area (Å²) < 4.78 is 0. The van der Waals surface area contributed by atoms with Gasteiger partial charge in [0.05, 0.1) is 0 Å². The first-order chi connectivity index (χ1) is 12.6. The maximum Gasteiger partial charge on any atom is 0.255 e. The first-order valence-corrected chi connectivity index (χ1v) is 8.99. The van der Waals surface area contributed by atoms with Crippen molar-refractivity contribution < 1.29 is 9.59 Å². The highest BCUT2D eigenvalue weighted by Crippen LogP contribution is 2.25. The van der Waals surface area contributed by atoms with E-state index in [2.05, 4.69) is 9.88 Å². The number of benzene rings is 1. The molecular weight excluding hydrogens is 328 g/mol. The van der Waals surface area contributed by atoms with E-state index >= 15 is 0 Å². The molecule has 1 aromatic heterocycles. The lowest BCUT2D eigenvalue weighted by atomic mass is 10.1. The second kappa shape index (κ2) is 6.78.